The van der Waals surface area contributed by atoms with Gasteiger partial charge < -0.3 is 29.3 Å². The summed E-state index contributed by atoms with van der Waals surface area (Å²) < 4.78 is 66.9. The fraction of sp³-hybridized carbons (Fsp3) is 0.478. The van der Waals surface area contributed by atoms with Crippen LogP contribution in [0.3, 0.4) is 0 Å². The Morgan fingerprint density at radius 3 is 2.72 bits per heavy atom. The van der Waals surface area contributed by atoms with Crippen molar-refractivity contribution >= 4 is 19.6 Å². The van der Waals surface area contributed by atoms with E-state index in [0.29, 0.717) is 0 Å². The first-order valence-electron chi connectivity index (χ1n) is 12.1. The number of aliphatic hydroxyl groups is 1. The van der Waals surface area contributed by atoms with Gasteiger partial charge in [0.25, 0.3) is 5.91 Å². The van der Waals surface area contributed by atoms with Crippen molar-refractivity contribution in [3.8, 4) is 5.75 Å². The van der Waals surface area contributed by atoms with E-state index in [4.69, 9.17) is 21.3 Å². The molecule has 13 heteroatoms. The number of nitrogens with zero attached hydrogens (tertiary/aromatic N) is 1. The first kappa shape index (κ1) is 24.9. The lowest BCUT2D eigenvalue weighted by Gasteiger charge is -2.35. The van der Waals surface area contributed by atoms with Crippen molar-refractivity contribution in [1.82, 2.24) is 15.3 Å². The molecule has 0 bridgehead atoms. The average Bonchev–Trinajstić information content (AvgIpc) is 3.05. The molecule has 0 saturated carbocycles. The van der Waals surface area contributed by atoms with Crippen LogP contribution in [0.25, 0.3) is 0 Å². The highest BCUT2D eigenvalue weighted by molar-refractivity contribution is 7.52. The van der Waals surface area contributed by atoms with Crippen molar-refractivity contribution in [3.05, 3.63) is 55.0 Å². The van der Waals surface area contributed by atoms with Crippen LogP contribution < -0.4 is 14.9 Å². The largest absolute Gasteiger partial charge is 0.462 e. The topological polar surface area (TPSA) is 136 Å². The van der Waals surface area contributed by atoms with Gasteiger partial charge in [0.05, 0.1) is 15.5 Å². The summed E-state index contributed by atoms with van der Waals surface area (Å²) in [5.74, 6) is -1.71. The number of hydrogen-bond donors (Lipinski definition) is 3. The maximum atomic E-state index is 15.7. The number of aliphatic hydroxyl groups excluding tert-OH is 1. The van der Waals surface area contributed by atoms with Crippen LogP contribution in [0.1, 0.15) is 30.4 Å². The second-order valence-corrected chi connectivity index (χ2v) is 10.4. The smallest absolute Gasteiger partial charge is 0.459 e. The predicted molar refractivity (Wildman–Crippen MR) is 127 cm³/mol. The van der Waals surface area contributed by atoms with E-state index < -0.39 is 74.7 Å². The Morgan fingerprint density at radius 1 is 1.42 bits per heavy atom. The number of ether oxygens (including phenoxy) is 2. The van der Waals surface area contributed by atoms with Crippen molar-refractivity contribution in [1.29, 1.82) is 0 Å². The maximum absolute atomic E-state index is 15.7. The molecule has 3 rings (SSSR count). The number of benzene rings is 1. The lowest BCUT2D eigenvalue weighted by molar-refractivity contribution is -0.149. The summed E-state index contributed by atoms with van der Waals surface area (Å²) in [5, 5.41) is 15.4. The zero-order chi connectivity index (χ0) is 28.4. The quantitative estimate of drug-likeness (QED) is 0.306. The van der Waals surface area contributed by atoms with Gasteiger partial charge in [0.15, 0.2) is 11.9 Å². The van der Waals surface area contributed by atoms with Crippen LogP contribution in [-0.4, -0.2) is 64.7 Å². The number of nitrogens with one attached hydrogen (secondary N) is 2. The van der Waals surface area contributed by atoms with Gasteiger partial charge in [-0.1, -0.05) is 24.8 Å². The Balaban J connectivity index is 1.81. The molecule has 1 fully saturated rings. The van der Waals surface area contributed by atoms with Crippen LogP contribution in [0, 0.1) is 0 Å². The van der Waals surface area contributed by atoms with E-state index in [9.17, 15) is 19.3 Å². The van der Waals surface area contributed by atoms with Crippen molar-refractivity contribution in [2.24, 2.45) is 0 Å². The Morgan fingerprint density at radius 2 is 2.08 bits per heavy atom. The first-order chi connectivity index (χ1) is 17.7. The molecule has 1 aromatic rings. The molecule has 2 aliphatic heterocycles. The highest BCUT2D eigenvalue weighted by Gasteiger charge is 2.57. The number of carbonyl (C=O) groups excluding carboxylic acids is 2. The van der Waals surface area contributed by atoms with E-state index in [1.807, 2.05) is 0 Å². The molecule has 2 aliphatic rings. The van der Waals surface area contributed by atoms with Crippen LogP contribution >= 0.6 is 7.75 Å². The summed E-state index contributed by atoms with van der Waals surface area (Å²) in [5.41, 5.74) is -2.54. The molecule has 0 spiro atoms. The van der Waals surface area contributed by atoms with Gasteiger partial charge in [-0.3, -0.25) is 14.1 Å². The van der Waals surface area contributed by atoms with Crippen LogP contribution in [-0.2, 0) is 28.2 Å². The normalized spacial score (nSPS) is 29.9. The number of amides is 1. The molecule has 1 saturated heterocycles. The van der Waals surface area contributed by atoms with E-state index >= 15 is 4.39 Å². The van der Waals surface area contributed by atoms with Gasteiger partial charge >= 0.3 is 13.7 Å². The summed E-state index contributed by atoms with van der Waals surface area (Å²) in [6.45, 7) is 8.59. The van der Waals surface area contributed by atoms with Gasteiger partial charge in [0.2, 0.25) is 0 Å². The first-order valence-corrected chi connectivity index (χ1v) is 12.7. The van der Waals surface area contributed by atoms with E-state index in [2.05, 4.69) is 17.0 Å². The van der Waals surface area contributed by atoms with Gasteiger partial charge in [0, 0.05) is 12.2 Å². The van der Waals surface area contributed by atoms with Gasteiger partial charge in [-0.25, -0.2) is 8.96 Å². The summed E-state index contributed by atoms with van der Waals surface area (Å²) in [6, 6.07) is 6.06. The molecule has 2 heterocycles. The summed E-state index contributed by atoms with van der Waals surface area (Å²) >= 11 is 0. The molecule has 1 amide bonds. The SMILES string of the molecule is [2H]C1=C([2H])N([C@@H]2O[C@H](CO[P@@](=O)(N[C@@H](C)C(=O)OC(C)C)Oc3ccccc3)C(O)[C@]2(C)F)C(=C)NC1=O. The van der Waals surface area contributed by atoms with E-state index in [0.717, 1.165) is 11.8 Å². The third-order valence-electron chi connectivity index (χ3n) is 5.22. The van der Waals surface area contributed by atoms with Crippen molar-refractivity contribution in [3.63, 3.8) is 0 Å². The van der Waals surface area contributed by atoms with E-state index in [1.165, 1.54) is 19.1 Å². The fourth-order valence-electron chi connectivity index (χ4n) is 3.43. The Hall–Kier alpha value is -2.76. The van der Waals surface area contributed by atoms with E-state index in [1.54, 1.807) is 32.0 Å². The lowest BCUT2D eigenvalue weighted by Crippen LogP contribution is -2.51. The highest BCUT2D eigenvalue weighted by Crippen LogP contribution is 2.46. The minimum Gasteiger partial charge on any atom is -0.462 e. The van der Waals surface area contributed by atoms with Crippen LogP contribution in [0.5, 0.6) is 5.75 Å². The van der Waals surface area contributed by atoms with Gasteiger partial charge in [0.1, 0.15) is 29.8 Å². The molecule has 0 radical (unpaired) electrons. The van der Waals surface area contributed by atoms with Crippen molar-refractivity contribution in [2.45, 2.75) is 63.9 Å². The molecule has 1 aromatic carbocycles. The standard InChI is InChI=1S/C23H31FN3O8P/c1-14(2)33-21(30)15(3)26-36(31,35-17-9-7-6-8-10-17)32-13-18-20(29)23(5,24)22(34-18)27-12-11-19(28)25-16(27)4/h6-12,14-15,18,20,22,29H,4,13H2,1-3,5H3,(H,25,28)(H,26,31)/t15-,18+,20?,22+,23-,36-/m0/s1/i11D,12D. The number of rotatable bonds is 10. The molecule has 198 valence electrons. The van der Waals surface area contributed by atoms with Gasteiger partial charge in [-0.05, 0) is 39.8 Å². The van der Waals surface area contributed by atoms with Gasteiger partial charge in [-0.2, -0.15) is 5.09 Å². The molecule has 0 aliphatic carbocycles. The molecule has 1 unspecified atom stereocenters. The number of para-hydroxylation sites is 1. The lowest BCUT2D eigenvalue weighted by atomic mass is 9.98. The monoisotopic (exact) mass is 529 g/mol. The summed E-state index contributed by atoms with van der Waals surface area (Å²) in [7, 11) is -4.34. The number of hydrogen-bond acceptors (Lipinski definition) is 9. The van der Waals surface area contributed by atoms with Crippen LogP contribution in [0.2, 0.25) is 0 Å². The Labute approximate surface area is 211 Å². The molecular formula is C23H31FN3O8P. The molecule has 6 atom stereocenters. The predicted octanol–water partition coefficient (Wildman–Crippen LogP) is 2.35. The number of esters is 1. The fourth-order valence-corrected chi connectivity index (χ4v) is 4.94. The molecule has 3 N–H and O–H groups in total. The Kier molecular flexibility index (Phi) is 7.68. The third kappa shape index (κ3) is 6.51. The summed E-state index contributed by atoms with van der Waals surface area (Å²) in [4.78, 5) is 24.9. The minimum absolute atomic E-state index is 0.140. The minimum atomic E-state index is -4.34. The van der Waals surface area contributed by atoms with Crippen molar-refractivity contribution < 1.29 is 44.9 Å². The zero-order valence-corrected chi connectivity index (χ0v) is 21.2. The average molecular weight is 529 g/mol. The van der Waals surface area contributed by atoms with Crippen LogP contribution in [0.15, 0.2) is 55.0 Å². The number of alkyl halides is 1. The molecule has 36 heavy (non-hydrogen) atoms. The van der Waals surface area contributed by atoms with Crippen LogP contribution in [0.4, 0.5) is 4.39 Å². The van der Waals surface area contributed by atoms with Gasteiger partial charge in [-0.15, -0.1) is 0 Å². The Bertz CT molecular complexity index is 1150. The summed E-state index contributed by atoms with van der Waals surface area (Å²) in [6.07, 6.45) is -6.09. The second kappa shape index (κ2) is 11.1. The molecular weight excluding hydrogens is 496 g/mol. The third-order valence-corrected chi connectivity index (χ3v) is 6.87. The zero-order valence-electron chi connectivity index (χ0n) is 22.3. The molecule has 0 aromatic heterocycles. The number of carbonyl (C=O) groups is 2. The molecule has 11 nitrogen and oxygen atoms in total. The second-order valence-electron chi connectivity index (χ2n) is 8.66. The maximum Gasteiger partial charge on any atom is 0.459 e. The van der Waals surface area contributed by atoms with E-state index in [-0.39, 0.29) is 11.6 Å². The number of halogens is 1. The highest BCUT2D eigenvalue weighted by atomic mass is 31.2. The van der Waals surface area contributed by atoms with Crippen molar-refractivity contribution in [2.75, 3.05) is 6.61 Å².